The first kappa shape index (κ1) is 21.7. The Balaban J connectivity index is 1.14. The van der Waals surface area contributed by atoms with Crippen molar-refractivity contribution >= 4 is 22.6 Å². The summed E-state index contributed by atoms with van der Waals surface area (Å²) in [6.45, 7) is 4.41. The van der Waals surface area contributed by atoms with Gasteiger partial charge >= 0.3 is 5.97 Å². The number of rotatable bonds is 7. The van der Waals surface area contributed by atoms with Crippen LogP contribution in [0.4, 0.5) is 5.69 Å². The number of aryl methyl sites for hydroxylation is 1. The number of fused-ring (bicyclic) bond motifs is 1. The highest BCUT2D eigenvalue weighted by Crippen LogP contribution is 2.33. The SMILES string of the molecule is Cc1cccc(-c2[nH]cnc2-c2ccc3ncc(N[C@H]4C[C@H](C(=O)OCC5CNC5)C4)cc3c2)n1. The van der Waals surface area contributed by atoms with Crippen molar-refractivity contribution in [2.24, 2.45) is 11.8 Å². The lowest BCUT2D eigenvalue weighted by Crippen LogP contribution is -2.46. The first-order chi connectivity index (χ1) is 17.1. The molecule has 1 aliphatic heterocycles. The molecule has 178 valence electrons. The first-order valence-corrected chi connectivity index (χ1v) is 12.1. The summed E-state index contributed by atoms with van der Waals surface area (Å²) in [7, 11) is 0. The second-order valence-electron chi connectivity index (χ2n) is 9.59. The summed E-state index contributed by atoms with van der Waals surface area (Å²) in [6, 6.07) is 14.5. The third kappa shape index (κ3) is 4.49. The Morgan fingerprint density at radius 1 is 1.14 bits per heavy atom. The maximum atomic E-state index is 12.2. The highest BCUT2D eigenvalue weighted by atomic mass is 16.5. The molecule has 2 aliphatic rings. The van der Waals surface area contributed by atoms with Crippen LogP contribution in [0, 0.1) is 18.8 Å². The molecule has 4 aromatic rings. The molecular weight excluding hydrogens is 440 g/mol. The second kappa shape index (κ2) is 9.11. The fraction of sp³-hybridized carbons (Fsp3) is 0.333. The van der Waals surface area contributed by atoms with Crippen molar-refractivity contribution < 1.29 is 9.53 Å². The van der Waals surface area contributed by atoms with Crippen LogP contribution in [-0.4, -0.2) is 51.6 Å². The number of pyridine rings is 2. The number of anilines is 1. The van der Waals surface area contributed by atoms with Crippen LogP contribution in [-0.2, 0) is 9.53 Å². The van der Waals surface area contributed by atoms with Crippen LogP contribution in [0.1, 0.15) is 18.5 Å². The number of carbonyl (C=O) groups excluding carboxylic acids is 1. The number of H-pyrrole nitrogens is 1. The van der Waals surface area contributed by atoms with E-state index in [1.807, 2.05) is 43.5 Å². The molecule has 3 aromatic heterocycles. The Labute approximate surface area is 203 Å². The summed E-state index contributed by atoms with van der Waals surface area (Å²) in [6.07, 6.45) is 5.14. The molecule has 0 spiro atoms. The molecule has 1 saturated carbocycles. The minimum Gasteiger partial charge on any atom is -0.465 e. The van der Waals surface area contributed by atoms with E-state index in [2.05, 4.69) is 42.7 Å². The van der Waals surface area contributed by atoms with Gasteiger partial charge in [0, 0.05) is 41.7 Å². The molecule has 0 amide bonds. The van der Waals surface area contributed by atoms with Crippen molar-refractivity contribution in [1.82, 2.24) is 25.3 Å². The first-order valence-electron chi connectivity index (χ1n) is 12.1. The van der Waals surface area contributed by atoms with Gasteiger partial charge in [0.2, 0.25) is 0 Å². The molecule has 2 fully saturated rings. The molecular formula is C27H28N6O2. The monoisotopic (exact) mass is 468 g/mol. The average Bonchev–Trinajstić information content (AvgIpc) is 3.29. The van der Waals surface area contributed by atoms with Crippen LogP contribution >= 0.6 is 0 Å². The summed E-state index contributed by atoms with van der Waals surface area (Å²) in [5, 5.41) is 7.76. The van der Waals surface area contributed by atoms with Crippen LogP contribution in [0.15, 0.2) is 55.0 Å². The molecule has 1 aromatic carbocycles. The smallest absolute Gasteiger partial charge is 0.309 e. The van der Waals surface area contributed by atoms with Gasteiger partial charge in [-0.2, -0.15) is 0 Å². The van der Waals surface area contributed by atoms with Gasteiger partial charge in [-0.1, -0.05) is 12.1 Å². The van der Waals surface area contributed by atoms with Gasteiger partial charge in [-0.15, -0.1) is 0 Å². The zero-order valence-corrected chi connectivity index (χ0v) is 19.6. The van der Waals surface area contributed by atoms with Gasteiger partial charge < -0.3 is 20.4 Å². The number of nitrogens with zero attached hydrogens (tertiary/aromatic N) is 3. The summed E-state index contributed by atoms with van der Waals surface area (Å²) in [4.78, 5) is 29.3. The van der Waals surface area contributed by atoms with E-state index in [1.165, 1.54) is 0 Å². The third-order valence-corrected chi connectivity index (χ3v) is 6.91. The predicted octanol–water partition coefficient (Wildman–Crippen LogP) is 3.95. The van der Waals surface area contributed by atoms with Gasteiger partial charge in [0.15, 0.2) is 0 Å². The van der Waals surface area contributed by atoms with Gasteiger partial charge in [-0.05, 0) is 50.1 Å². The fourth-order valence-electron chi connectivity index (χ4n) is 4.70. The molecule has 0 radical (unpaired) electrons. The van der Waals surface area contributed by atoms with E-state index in [1.54, 1.807) is 6.33 Å². The second-order valence-corrected chi connectivity index (χ2v) is 9.59. The number of aromatic amines is 1. The summed E-state index contributed by atoms with van der Waals surface area (Å²) >= 11 is 0. The van der Waals surface area contributed by atoms with E-state index in [9.17, 15) is 4.79 Å². The molecule has 3 N–H and O–H groups in total. The Morgan fingerprint density at radius 2 is 2.03 bits per heavy atom. The van der Waals surface area contributed by atoms with Gasteiger partial charge in [-0.25, -0.2) is 4.98 Å². The number of hydrogen-bond donors (Lipinski definition) is 3. The molecule has 1 saturated heterocycles. The lowest BCUT2D eigenvalue weighted by atomic mass is 9.80. The van der Waals surface area contributed by atoms with Crippen molar-refractivity contribution in [2.45, 2.75) is 25.8 Å². The maximum Gasteiger partial charge on any atom is 0.309 e. The number of carbonyl (C=O) groups is 1. The maximum absolute atomic E-state index is 12.2. The molecule has 8 nitrogen and oxygen atoms in total. The molecule has 0 unspecified atom stereocenters. The Morgan fingerprint density at radius 3 is 2.83 bits per heavy atom. The van der Waals surface area contributed by atoms with Crippen molar-refractivity contribution in [3.05, 3.63) is 60.7 Å². The average molecular weight is 469 g/mol. The highest BCUT2D eigenvalue weighted by molar-refractivity contribution is 5.88. The van der Waals surface area contributed by atoms with Crippen molar-refractivity contribution in [1.29, 1.82) is 0 Å². The number of nitrogens with one attached hydrogen (secondary N) is 3. The lowest BCUT2D eigenvalue weighted by Gasteiger charge is -2.35. The normalized spacial score (nSPS) is 19.7. The largest absolute Gasteiger partial charge is 0.465 e. The number of hydrogen-bond acceptors (Lipinski definition) is 7. The minimum absolute atomic E-state index is 0.00567. The third-order valence-electron chi connectivity index (χ3n) is 6.91. The van der Waals surface area contributed by atoms with Crippen LogP contribution < -0.4 is 10.6 Å². The van der Waals surface area contributed by atoms with E-state index in [0.29, 0.717) is 12.5 Å². The van der Waals surface area contributed by atoms with Crippen LogP contribution in [0.2, 0.25) is 0 Å². The van der Waals surface area contributed by atoms with E-state index in [-0.39, 0.29) is 17.9 Å². The quantitative estimate of drug-likeness (QED) is 0.353. The molecule has 0 bridgehead atoms. The lowest BCUT2D eigenvalue weighted by molar-refractivity contribution is -0.153. The Bertz CT molecular complexity index is 1370. The van der Waals surface area contributed by atoms with E-state index in [0.717, 1.165) is 70.9 Å². The number of benzene rings is 1. The number of aromatic nitrogens is 4. The number of imidazole rings is 1. The van der Waals surface area contributed by atoms with E-state index >= 15 is 0 Å². The van der Waals surface area contributed by atoms with Crippen LogP contribution in [0.3, 0.4) is 0 Å². The molecule has 6 rings (SSSR count). The minimum atomic E-state index is -0.0610. The Hall–Kier alpha value is -3.78. The molecule has 8 heteroatoms. The van der Waals surface area contributed by atoms with Crippen molar-refractivity contribution in [2.75, 3.05) is 25.0 Å². The zero-order chi connectivity index (χ0) is 23.8. The van der Waals surface area contributed by atoms with Gasteiger partial charge in [0.25, 0.3) is 0 Å². The van der Waals surface area contributed by atoms with Gasteiger partial charge in [0.1, 0.15) is 0 Å². The van der Waals surface area contributed by atoms with Crippen LogP contribution in [0.25, 0.3) is 33.5 Å². The highest BCUT2D eigenvalue weighted by Gasteiger charge is 2.36. The summed E-state index contributed by atoms with van der Waals surface area (Å²) < 4.78 is 5.47. The van der Waals surface area contributed by atoms with Crippen molar-refractivity contribution in [3.8, 4) is 22.6 Å². The standard InChI is InChI=1S/C27H28N6O2/c1-16-3-2-4-24(32-16)26-25(30-15-31-26)18-5-6-23-19(7-18)8-22(13-29-23)33-21-9-20(10-21)27(34)35-14-17-11-28-12-17/h2-8,13,15,17,20-21,28,33H,9-12,14H2,1H3,(H,30,31)/t20-,21-. The predicted molar refractivity (Wildman–Crippen MR) is 135 cm³/mol. The molecule has 4 heterocycles. The summed E-state index contributed by atoms with van der Waals surface area (Å²) in [5.41, 5.74) is 6.47. The van der Waals surface area contributed by atoms with Crippen molar-refractivity contribution in [3.63, 3.8) is 0 Å². The molecule has 1 aliphatic carbocycles. The topological polar surface area (TPSA) is 105 Å². The van der Waals surface area contributed by atoms with E-state index < -0.39 is 0 Å². The molecule has 35 heavy (non-hydrogen) atoms. The fourth-order valence-corrected chi connectivity index (χ4v) is 4.70. The van der Waals surface area contributed by atoms with E-state index in [4.69, 9.17) is 4.74 Å². The van der Waals surface area contributed by atoms with Crippen LogP contribution in [0.5, 0.6) is 0 Å². The summed E-state index contributed by atoms with van der Waals surface area (Å²) in [5.74, 6) is 0.412. The number of ether oxygens (including phenoxy) is 1. The molecule has 0 atom stereocenters. The number of esters is 1. The Kier molecular flexibility index (Phi) is 5.66. The zero-order valence-electron chi connectivity index (χ0n) is 19.6. The van der Waals surface area contributed by atoms with Gasteiger partial charge in [0.05, 0.1) is 53.3 Å². The van der Waals surface area contributed by atoms with Gasteiger partial charge in [-0.3, -0.25) is 14.8 Å².